The van der Waals surface area contributed by atoms with E-state index in [4.69, 9.17) is 5.26 Å². The summed E-state index contributed by atoms with van der Waals surface area (Å²) in [7, 11) is 1.37. The summed E-state index contributed by atoms with van der Waals surface area (Å²) in [5.41, 5.74) is 0. The van der Waals surface area contributed by atoms with Crippen LogP contribution < -0.4 is 5.32 Å². The predicted octanol–water partition coefficient (Wildman–Crippen LogP) is -0.590. The fourth-order valence-corrected chi connectivity index (χ4v) is 1.48. The summed E-state index contributed by atoms with van der Waals surface area (Å²) < 4.78 is 0. The van der Waals surface area contributed by atoms with Crippen molar-refractivity contribution in [2.45, 2.75) is 25.8 Å². The number of imide groups is 1. The lowest BCUT2D eigenvalue weighted by Crippen LogP contribution is -2.43. The van der Waals surface area contributed by atoms with Crippen molar-refractivity contribution >= 4 is 17.7 Å². The van der Waals surface area contributed by atoms with Crippen LogP contribution in [0.25, 0.3) is 0 Å². The standard InChI is InChI=1S/C10H13N3O3/c1-3-6(5-11)9(15)12-7-4-8(14)13(2)10(7)16/h6-7H,3-4H2,1-2H3,(H,12,15). The zero-order chi connectivity index (χ0) is 12.3. The molecule has 0 spiro atoms. The van der Waals surface area contributed by atoms with Crippen LogP contribution in [-0.4, -0.2) is 35.7 Å². The van der Waals surface area contributed by atoms with E-state index in [1.807, 2.05) is 6.07 Å². The molecule has 0 aliphatic carbocycles. The molecule has 86 valence electrons. The first-order chi connectivity index (χ1) is 7.51. The van der Waals surface area contributed by atoms with Crippen LogP contribution in [-0.2, 0) is 14.4 Å². The third kappa shape index (κ3) is 2.19. The Kier molecular flexibility index (Phi) is 3.61. The number of likely N-dealkylation sites (N-methyl/N-ethyl adjacent to an activating group) is 1. The number of nitrogens with one attached hydrogen (secondary N) is 1. The van der Waals surface area contributed by atoms with Crippen LogP contribution in [0, 0.1) is 17.2 Å². The summed E-state index contributed by atoms with van der Waals surface area (Å²) >= 11 is 0. The minimum atomic E-state index is -0.813. The minimum Gasteiger partial charge on any atom is -0.343 e. The van der Waals surface area contributed by atoms with Gasteiger partial charge in [0.15, 0.2) is 0 Å². The van der Waals surface area contributed by atoms with Gasteiger partial charge in [0, 0.05) is 7.05 Å². The van der Waals surface area contributed by atoms with Gasteiger partial charge in [-0.05, 0) is 6.42 Å². The monoisotopic (exact) mass is 223 g/mol. The van der Waals surface area contributed by atoms with Gasteiger partial charge in [0.2, 0.25) is 11.8 Å². The molecule has 1 heterocycles. The highest BCUT2D eigenvalue weighted by Gasteiger charge is 2.37. The van der Waals surface area contributed by atoms with E-state index >= 15 is 0 Å². The molecule has 1 saturated heterocycles. The van der Waals surface area contributed by atoms with Crippen molar-refractivity contribution in [1.29, 1.82) is 5.26 Å². The first kappa shape index (κ1) is 12.2. The van der Waals surface area contributed by atoms with E-state index in [1.165, 1.54) is 7.05 Å². The lowest BCUT2D eigenvalue weighted by atomic mass is 10.1. The molecule has 0 aromatic rings. The number of carbonyl (C=O) groups excluding carboxylic acids is 3. The van der Waals surface area contributed by atoms with E-state index in [9.17, 15) is 14.4 Å². The van der Waals surface area contributed by atoms with Gasteiger partial charge in [0.1, 0.15) is 12.0 Å². The second-order valence-corrected chi connectivity index (χ2v) is 3.65. The number of amides is 3. The van der Waals surface area contributed by atoms with E-state index in [2.05, 4.69) is 5.32 Å². The van der Waals surface area contributed by atoms with E-state index in [0.29, 0.717) is 6.42 Å². The van der Waals surface area contributed by atoms with Crippen molar-refractivity contribution in [3.63, 3.8) is 0 Å². The van der Waals surface area contributed by atoms with Crippen LogP contribution in [0.5, 0.6) is 0 Å². The van der Waals surface area contributed by atoms with E-state index in [0.717, 1.165) is 4.90 Å². The van der Waals surface area contributed by atoms with Crippen LogP contribution >= 0.6 is 0 Å². The van der Waals surface area contributed by atoms with E-state index < -0.39 is 23.8 Å². The molecule has 0 bridgehead atoms. The minimum absolute atomic E-state index is 0.0249. The Morgan fingerprint density at radius 1 is 1.69 bits per heavy atom. The molecule has 1 rings (SSSR count). The largest absolute Gasteiger partial charge is 0.343 e. The van der Waals surface area contributed by atoms with Gasteiger partial charge in [-0.1, -0.05) is 6.92 Å². The molecule has 16 heavy (non-hydrogen) atoms. The lowest BCUT2D eigenvalue weighted by molar-refractivity contribution is -0.138. The molecule has 6 nitrogen and oxygen atoms in total. The molecule has 1 aliphatic rings. The summed E-state index contributed by atoms with van der Waals surface area (Å²) in [6.45, 7) is 1.71. The number of hydrogen-bond acceptors (Lipinski definition) is 4. The van der Waals surface area contributed by atoms with Gasteiger partial charge in [-0.3, -0.25) is 19.3 Å². The van der Waals surface area contributed by atoms with Crippen molar-refractivity contribution < 1.29 is 14.4 Å². The average molecular weight is 223 g/mol. The highest BCUT2D eigenvalue weighted by Crippen LogP contribution is 2.11. The highest BCUT2D eigenvalue weighted by molar-refractivity contribution is 6.06. The van der Waals surface area contributed by atoms with Gasteiger partial charge >= 0.3 is 0 Å². The highest BCUT2D eigenvalue weighted by atomic mass is 16.2. The molecule has 0 saturated carbocycles. The zero-order valence-corrected chi connectivity index (χ0v) is 9.19. The van der Waals surface area contributed by atoms with Gasteiger partial charge in [0.05, 0.1) is 12.5 Å². The normalized spacial score (nSPS) is 21.8. The van der Waals surface area contributed by atoms with Gasteiger partial charge < -0.3 is 5.32 Å². The number of likely N-dealkylation sites (tertiary alicyclic amines) is 1. The molecule has 2 unspecified atom stereocenters. The Morgan fingerprint density at radius 2 is 2.31 bits per heavy atom. The molecule has 3 amide bonds. The maximum Gasteiger partial charge on any atom is 0.252 e. The SMILES string of the molecule is CCC(C#N)C(=O)NC1CC(=O)N(C)C1=O. The Balaban J connectivity index is 2.63. The lowest BCUT2D eigenvalue weighted by Gasteiger charge is -2.12. The molecule has 2 atom stereocenters. The van der Waals surface area contributed by atoms with Crippen molar-refractivity contribution in [3.05, 3.63) is 0 Å². The molecule has 1 aliphatic heterocycles. The Bertz CT molecular complexity index is 372. The van der Waals surface area contributed by atoms with Crippen LogP contribution in [0.2, 0.25) is 0 Å². The Hall–Kier alpha value is -1.90. The second kappa shape index (κ2) is 4.75. The van der Waals surface area contributed by atoms with Crippen molar-refractivity contribution in [2.24, 2.45) is 5.92 Å². The van der Waals surface area contributed by atoms with Gasteiger partial charge in [-0.25, -0.2) is 0 Å². The third-order valence-electron chi connectivity index (χ3n) is 2.58. The smallest absolute Gasteiger partial charge is 0.252 e. The number of hydrogen-bond donors (Lipinski definition) is 1. The topological polar surface area (TPSA) is 90.3 Å². The molecular formula is C10H13N3O3. The summed E-state index contributed by atoms with van der Waals surface area (Å²) in [4.78, 5) is 35.1. The van der Waals surface area contributed by atoms with E-state index in [-0.39, 0.29) is 12.3 Å². The van der Waals surface area contributed by atoms with Crippen molar-refractivity contribution in [1.82, 2.24) is 10.2 Å². The zero-order valence-electron chi connectivity index (χ0n) is 9.19. The molecule has 1 N–H and O–H groups in total. The van der Waals surface area contributed by atoms with Crippen molar-refractivity contribution in [3.8, 4) is 6.07 Å². The van der Waals surface area contributed by atoms with Crippen LogP contribution in [0.1, 0.15) is 19.8 Å². The average Bonchev–Trinajstić information content (AvgIpc) is 2.48. The Morgan fingerprint density at radius 3 is 2.69 bits per heavy atom. The number of carbonyl (C=O) groups is 3. The molecule has 6 heteroatoms. The summed E-state index contributed by atoms with van der Waals surface area (Å²) in [5.74, 6) is -2.01. The molecule has 0 aromatic heterocycles. The number of nitriles is 1. The van der Waals surface area contributed by atoms with Gasteiger partial charge in [-0.15, -0.1) is 0 Å². The van der Waals surface area contributed by atoms with Crippen molar-refractivity contribution in [2.75, 3.05) is 7.05 Å². The first-order valence-electron chi connectivity index (χ1n) is 5.01. The Labute approximate surface area is 93.2 Å². The summed E-state index contributed by atoms with van der Waals surface area (Å²) in [6.07, 6.45) is 0.357. The van der Waals surface area contributed by atoms with Crippen LogP contribution in [0.4, 0.5) is 0 Å². The summed E-state index contributed by atoms with van der Waals surface area (Å²) in [5, 5.41) is 11.1. The number of nitrogens with zero attached hydrogens (tertiary/aromatic N) is 2. The van der Waals surface area contributed by atoms with Crippen LogP contribution in [0.15, 0.2) is 0 Å². The molecule has 0 aromatic carbocycles. The second-order valence-electron chi connectivity index (χ2n) is 3.65. The van der Waals surface area contributed by atoms with Gasteiger partial charge in [0.25, 0.3) is 5.91 Å². The number of rotatable bonds is 3. The molecule has 0 radical (unpaired) electrons. The fraction of sp³-hybridized carbons (Fsp3) is 0.600. The predicted molar refractivity (Wildman–Crippen MR) is 53.7 cm³/mol. The van der Waals surface area contributed by atoms with E-state index in [1.54, 1.807) is 6.92 Å². The third-order valence-corrected chi connectivity index (χ3v) is 2.58. The van der Waals surface area contributed by atoms with Gasteiger partial charge in [-0.2, -0.15) is 5.26 Å². The molecular weight excluding hydrogens is 210 g/mol. The van der Waals surface area contributed by atoms with Crippen LogP contribution in [0.3, 0.4) is 0 Å². The maximum absolute atomic E-state index is 11.5. The first-order valence-corrected chi connectivity index (χ1v) is 5.01. The fourth-order valence-electron chi connectivity index (χ4n) is 1.48. The maximum atomic E-state index is 11.5. The quantitative estimate of drug-likeness (QED) is 0.647. The summed E-state index contributed by atoms with van der Waals surface area (Å²) in [6, 6.07) is 1.03. The molecule has 1 fully saturated rings.